The van der Waals surface area contributed by atoms with Crippen LogP contribution in [0.4, 0.5) is 10.5 Å². The zero-order valence-corrected chi connectivity index (χ0v) is 19.6. The summed E-state index contributed by atoms with van der Waals surface area (Å²) in [5.41, 5.74) is 5.86. The van der Waals surface area contributed by atoms with Gasteiger partial charge in [0.15, 0.2) is 0 Å². The molecular weight excluding hydrogens is 410 g/mol. The lowest BCUT2D eigenvalue weighted by Gasteiger charge is -2.28. The van der Waals surface area contributed by atoms with E-state index in [-0.39, 0.29) is 5.92 Å². The van der Waals surface area contributed by atoms with E-state index in [1.54, 1.807) is 6.08 Å². The Morgan fingerprint density at radius 3 is 2.23 bits per heavy atom. The number of carbonyl (C=O) groups is 1. The van der Waals surface area contributed by atoms with Gasteiger partial charge in [-0.15, -0.1) is 0 Å². The molecule has 6 nitrogen and oxygen atoms in total. The minimum Gasteiger partial charge on any atom is -0.309 e. The third-order valence-electron chi connectivity index (χ3n) is 6.99. The monoisotopic (exact) mass is 445 g/mol. The van der Waals surface area contributed by atoms with Crippen LogP contribution in [0.25, 0.3) is 0 Å². The zero-order valence-electron chi connectivity index (χ0n) is 18.7. The maximum absolute atomic E-state index is 12.6. The van der Waals surface area contributed by atoms with Crippen molar-refractivity contribution < 1.29 is 13.2 Å². The molecule has 1 saturated carbocycles. The standard InChI is InChI=1S/C24H35N3O3S/c1-27(2)16-18-11-9-17(10-12-18)13-14-31(29,30)26-24(28)25-23-21-7-3-5-19(21)15-20-6-4-8-22(20)23/h13-15,17-18H,3-12,16H2,1-2H3,(H2,25,26,28)/b14-13+. The van der Waals surface area contributed by atoms with E-state index in [0.29, 0.717) is 5.92 Å². The van der Waals surface area contributed by atoms with Gasteiger partial charge in [0, 0.05) is 17.6 Å². The molecule has 2 amide bonds. The van der Waals surface area contributed by atoms with E-state index in [1.165, 1.54) is 27.7 Å². The summed E-state index contributed by atoms with van der Waals surface area (Å²) in [6.07, 6.45) is 12.1. The van der Waals surface area contributed by atoms with Crippen molar-refractivity contribution >= 4 is 21.7 Å². The number of benzene rings is 1. The first kappa shape index (κ1) is 22.3. The molecule has 0 saturated heterocycles. The molecule has 31 heavy (non-hydrogen) atoms. The van der Waals surface area contributed by atoms with Crippen LogP contribution in [0.5, 0.6) is 0 Å². The fraction of sp³-hybridized carbons (Fsp3) is 0.625. The highest BCUT2D eigenvalue weighted by molar-refractivity contribution is 7.92. The molecule has 1 fully saturated rings. The molecule has 0 bridgehead atoms. The van der Waals surface area contributed by atoms with Crippen molar-refractivity contribution in [3.05, 3.63) is 39.8 Å². The van der Waals surface area contributed by atoms with E-state index >= 15 is 0 Å². The van der Waals surface area contributed by atoms with Crippen molar-refractivity contribution in [2.24, 2.45) is 11.8 Å². The summed E-state index contributed by atoms with van der Waals surface area (Å²) in [5, 5.41) is 4.08. The van der Waals surface area contributed by atoms with Gasteiger partial charge in [-0.2, -0.15) is 0 Å². The van der Waals surface area contributed by atoms with Gasteiger partial charge in [-0.3, -0.25) is 0 Å². The second-order valence-corrected chi connectivity index (χ2v) is 11.3. The van der Waals surface area contributed by atoms with Gasteiger partial charge in [-0.05, 0) is 112 Å². The number of anilines is 1. The quantitative estimate of drug-likeness (QED) is 0.694. The molecule has 1 aromatic carbocycles. The molecule has 4 rings (SSSR count). The Balaban J connectivity index is 1.36. The Hall–Kier alpha value is -1.86. The van der Waals surface area contributed by atoms with Gasteiger partial charge in [0.2, 0.25) is 0 Å². The molecule has 0 heterocycles. The fourth-order valence-electron chi connectivity index (χ4n) is 5.56. The van der Waals surface area contributed by atoms with E-state index in [1.807, 2.05) is 0 Å². The first-order valence-electron chi connectivity index (χ1n) is 11.6. The summed E-state index contributed by atoms with van der Waals surface area (Å²) >= 11 is 0. The van der Waals surface area contributed by atoms with Crippen LogP contribution in [0.1, 0.15) is 60.8 Å². The molecule has 0 spiro atoms. The van der Waals surface area contributed by atoms with E-state index in [4.69, 9.17) is 0 Å². The normalized spacial score (nSPS) is 23.2. The summed E-state index contributed by atoms with van der Waals surface area (Å²) in [4.78, 5) is 14.8. The average Bonchev–Trinajstić information content (AvgIpc) is 3.35. The molecule has 0 aliphatic heterocycles. The Kier molecular flexibility index (Phi) is 6.72. The van der Waals surface area contributed by atoms with Gasteiger partial charge >= 0.3 is 6.03 Å². The van der Waals surface area contributed by atoms with E-state index < -0.39 is 16.1 Å². The predicted octanol–water partition coefficient (Wildman–Crippen LogP) is 4.00. The van der Waals surface area contributed by atoms with E-state index in [0.717, 1.165) is 76.4 Å². The third-order valence-corrected chi connectivity index (χ3v) is 7.98. The van der Waals surface area contributed by atoms with Crippen molar-refractivity contribution in [2.45, 2.75) is 64.2 Å². The lowest BCUT2D eigenvalue weighted by molar-refractivity contribution is 0.241. The zero-order chi connectivity index (χ0) is 22.0. The van der Waals surface area contributed by atoms with E-state index in [9.17, 15) is 13.2 Å². The maximum atomic E-state index is 12.6. The number of sulfonamides is 1. The fourth-order valence-corrected chi connectivity index (χ4v) is 6.37. The minimum atomic E-state index is -3.81. The number of hydrogen-bond acceptors (Lipinski definition) is 4. The lowest BCUT2D eigenvalue weighted by Crippen LogP contribution is -2.33. The first-order valence-corrected chi connectivity index (χ1v) is 13.2. The SMILES string of the molecule is CN(C)CC1CCC(/C=C/S(=O)(=O)NC(=O)Nc2c3c(cc4c2CCC4)CCC3)CC1. The summed E-state index contributed by atoms with van der Waals surface area (Å²) in [7, 11) is 0.369. The first-order chi connectivity index (χ1) is 14.8. The Bertz CT molecular complexity index is 929. The van der Waals surface area contributed by atoms with Crippen LogP contribution in [0.3, 0.4) is 0 Å². The predicted molar refractivity (Wildman–Crippen MR) is 125 cm³/mol. The second-order valence-electron chi connectivity index (χ2n) is 9.71. The van der Waals surface area contributed by atoms with Gasteiger partial charge in [-0.25, -0.2) is 17.9 Å². The van der Waals surface area contributed by atoms with Crippen LogP contribution in [0.15, 0.2) is 17.6 Å². The second kappa shape index (κ2) is 9.33. The van der Waals surface area contributed by atoms with Crippen LogP contribution >= 0.6 is 0 Å². The molecule has 0 unspecified atom stereocenters. The number of allylic oxidation sites excluding steroid dienone is 1. The molecular formula is C24H35N3O3S. The molecule has 0 radical (unpaired) electrons. The van der Waals surface area contributed by atoms with Crippen LogP contribution in [0, 0.1) is 11.8 Å². The number of amides is 2. The molecule has 1 aromatic rings. The summed E-state index contributed by atoms with van der Waals surface area (Å²) in [6, 6.07) is 1.63. The van der Waals surface area contributed by atoms with Crippen molar-refractivity contribution in [3.8, 4) is 0 Å². The Morgan fingerprint density at radius 1 is 1.03 bits per heavy atom. The average molecular weight is 446 g/mol. The lowest BCUT2D eigenvalue weighted by atomic mass is 9.82. The maximum Gasteiger partial charge on any atom is 0.333 e. The number of carbonyl (C=O) groups excluding carboxylic acids is 1. The highest BCUT2D eigenvalue weighted by atomic mass is 32.2. The van der Waals surface area contributed by atoms with Gasteiger partial charge < -0.3 is 10.2 Å². The Morgan fingerprint density at radius 2 is 1.65 bits per heavy atom. The number of nitrogens with one attached hydrogen (secondary N) is 2. The van der Waals surface area contributed by atoms with Gasteiger partial charge in [0.05, 0.1) is 0 Å². The molecule has 7 heteroatoms. The number of rotatable bonds is 6. The highest BCUT2D eigenvalue weighted by Gasteiger charge is 2.26. The number of urea groups is 1. The molecule has 3 aliphatic carbocycles. The van der Waals surface area contributed by atoms with Gasteiger partial charge in [0.25, 0.3) is 10.0 Å². The Labute approximate surface area is 186 Å². The van der Waals surface area contributed by atoms with Crippen LogP contribution in [-0.4, -0.2) is 40.0 Å². The van der Waals surface area contributed by atoms with E-state index in [2.05, 4.69) is 35.1 Å². The van der Waals surface area contributed by atoms with Crippen LogP contribution < -0.4 is 10.0 Å². The number of aryl methyl sites for hydroxylation is 2. The summed E-state index contributed by atoms with van der Waals surface area (Å²) in [6.45, 7) is 1.09. The molecule has 0 aromatic heterocycles. The third kappa shape index (κ3) is 5.50. The molecule has 3 aliphatic rings. The smallest absolute Gasteiger partial charge is 0.309 e. The molecule has 0 atom stereocenters. The van der Waals surface area contributed by atoms with Gasteiger partial charge in [-0.1, -0.05) is 12.1 Å². The molecule has 2 N–H and O–H groups in total. The topological polar surface area (TPSA) is 78.5 Å². The largest absolute Gasteiger partial charge is 0.333 e. The van der Waals surface area contributed by atoms with Crippen molar-refractivity contribution in [1.29, 1.82) is 0 Å². The van der Waals surface area contributed by atoms with Crippen molar-refractivity contribution in [1.82, 2.24) is 9.62 Å². The van der Waals surface area contributed by atoms with Crippen LogP contribution in [0.2, 0.25) is 0 Å². The minimum absolute atomic E-state index is 0.263. The van der Waals surface area contributed by atoms with Crippen LogP contribution in [-0.2, 0) is 35.7 Å². The van der Waals surface area contributed by atoms with Gasteiger partial charge in [0.1, 0.15) is 0 Å². The number of nitrogens with zero attached hydrogens (tertiary/aromatic N) is 1. The summed E-state index contributed by atoms with van der Waals surface area (Å²) < 4.78 is 27.2. The van der Waals surface area contributed by atoms with Crippen molar-refractivity contribution in [2.75, 3.05) is 26.0 Å². The molecule has 170 valence electrons. The highest BCUT2D eigenvalue weighted by Crippen LogP contribution is 2.38. The van der Waals surface area contributed by atoms with Crippen molar-refractivity contribution in [3.63, 3.8) is 0 Å². The number of fused-ring (bicyclic) bond motifs is 2. The number of hydrogen-bond donors (Lipinski definition) is 2. The summed E-state index contributed by atoms with van der Waals surface area (Å²) in [5.74, 6) is 0.952.